The van der Waals surface area contributed by atoms with Crippen LogP contribution in [0.1, 0.15) is 36.0 Å². The van der Waals surface area contributed by atoms with Gasteiger partial charge in [0, 0.05) is 24.5 Å². The number of amides is 1. The molecular weight excluding hydrogens is 393 g/mol. The summed E-state index contributed by atoms with van der Waals surface area (Å²) in [5.74, 6) is -0.248. The number of alkyl halides is 3. The van der Waals surface area contributed by atoms with Crippen molar-refractivity contribution in [2.45, 2.75) is 37.5 Å². The summed E-state index contributed by atoms with van der Waals surface area (Å²) >= 11 is 0. The number of fused-ring (bicyclic) bond motifs is 1. The van der Waals surface area contributed by atoms with Crippen LogP contribution in [0.4, 0.5) is 24.5 Å². The van der Waals surface area contributed by atoms with Crippen LogP contribution in [0.15, 0.2) is 48.5 Å². The first-order valence-electron chi connectivity index (χ1n) is 9.96. The zero-order valence-electron chi connectivity index (χ0n) is 16.4. The Balaban J connectivity index is 1.32. The van der Waals surface area contributed by atoms with E-state index in [-0.39, 0.29) is 12.3 Å². The Kier molecular flexibility index (Phi) is 5.32. The second kappa shape index (κ2) is 7.80. The van der Waals surface area contributed by atoms with E-state index in [0.29, 0.717) is 37.3 Å². The third-order valence-corrected chi connectivity index (χ3v) is 5.81. The number of halogens is 3. The summed E-state index contributed by atoms with van der Waals surface area (Å²) in [6.45, 7) is 0.942. The maximum Gasteiger partial charge on any atom is 0.416 e. The SMILES string of the molecule is O=C(CC1(O)CCN(c2ccc(C(F)(F)F)cc2)CC1)Nc1ccc2c(c1)C=CC2. The normalized spacial score (nSPS) is 17.7. The Morgan fingerprint density at radius 1 is 1.10 bits per heavy atom. The molecule has 1 heterocycles. The molecule has 2 aliphatic rings. The Bertz CT molecular complexity index is 959. The molecule has 0 radical (unpaired) electrons. The predicted octanol–water partition coefficient (Wildman–Crippen LogP) is 4.63. The lowest BCUT2D eigenvalue weighted by atomic mass is 9.87. The van der Waals surface area contributed by atoms with Crippen molar-refractivity contribution < 1.29 is 23.1 Å². The molecule has 2 aromatic carbocycles. The van der Waals surface area contributed by atoms with E-state index >= 15 is 0 Å². The lowest BCUT2D eigenvalue weighted by molar-refractivity contribution is -0.137. The van der Waals surface area contributed by atoms with Crippen LogP contribution in [0.3, 0.4) is 0 Å². The quantitative estimate of drug-likeness (QED) is 0.764. The largest absolute Gasteiger partial charge is 0.416 e. The van der Waals surface area contributed by atoms with Gasteiger partial charge in [0.25, 0.3) is 0 Å². The maximum atomic E-state index is 12.7. The van der Waals surface area contributed by atoms with Crippen molar-refractivity contribution in [1.29, 1.82) is 0 Å². The van der Waals surface area contributed by atoms with Crippen LogP contribution < -0.4 is 10.2 Å². The van der Waals surface area contributed by atoms with Gasteiger partial charge in [0.05, 0.1) is 17.6 Å². The van der Waals surface area contributed by atoms with Crippen LogP contribution in [-0.4, -0.2) is 29.7 Å². The van der Waals surface area contributed by atoms with Crippen molar-refractivity contribution in [3.63, 3.8) is 0 Å². The van der Waals surface area contributed by atoms with E-state index in [4.69, 9.17) is 0 Å². The molecule has 1 amide bonds. The number of carbonyl (C=O) groups excluding carboxylic acids is 1. The number of hydrogen-bond acceptors (Lipinski definition) is 3. The summed E-state index contributed by atoms with van der Waals surface area (Å²) in [6.07, 6.45) is 1.37. The number of aliphatic hydroxyl groups is 1. The first kappa shape index (κ1) is 20.5. The number of anilines is 2. The van der Waals surface area contributed by atoms with Crippen LogP contribution >= 0.6 is 0 Å². The lowest BCUT2D eigenvalue weighted by Gasteiger charge is -2.39. The number of nitrogens with one attached hydrogen (secondary N) is 1. The number of allylic oxidation sites excluding steroid dienone is 1. The average Bonchev–Trinajstić information content (AvgIpc) is 3.15. The number of carbonyl (C=O) groups is 1. The smallest absolute Gasteiger partial charge is 0.389 e. The van der Waals surface area contributed by atoms with Gasteiger partial charge < -0.3 is 15.3 Å². The van der Waals surface area contributed by atoms with E-state index in [1.165, 1.54) is 17.7 Å². The van der Waals surface area contributed by atoms with Crippen LogP contribution in [0.25, 0.3) is 6.08 Å². The maximum absolute atomic E-state index is 12.7. The van der Waals surface area contributed by atoms with Gasteiger partial charge in [-0.3, -0.25) is 4.79 Å². The highest BCUT2D eigenvalue weighted by Gasteiger charge is 2.35. The molecule has 158 valence electrons. The second-order valence-electron chi connectivity index (χ2n) is 8.00. The molecule has 4 rings (SSSR count). The van der Waals surface area contributed by atoms with Gasteiger partial charge in [-0.1, -0.05) is 18.2 Å². The molecule has 1 aliphatic carbocycles. The number of nitrogens with zero attached hydrogens (tertiary/aromatic N) is 1. The predicted molar refractivity (Wildman–Crippen MR) is 110 cm³/mol. The van der Waals surface area contributed by atoms with Gasteiger partial charge in [0.2, 0.25) is 5.91 Å². The summed E-state index contributed by atoms with van der Waals surface area (Å²) in [5, 5.41) is 13.7. The molecule has 1 aliphatic heterocycles. The molecule has 1 fully saturated rings. The fourth-order valence-corrected chi connectivity index (χ4v) is 4.05. The van der Waals surface area contributed by atoms with Gasteiger partial charge >= 0.3 is 6.18 Å². The van der Waals surface area contributed by atoms with E-state index < -0.39 is 17.3 Å². The molecule has 0 aromatic heterocycles. The monoisotopic (exact) mass is 416 g/mol. The van der Waals surface area contributed by atoms with Crippen LogP contribution in [0.2, 0.25) is 0 Å². The third-order valence-electron chi connectivity index (χ3n) is 5.81. The highest BCUT2D eigenvalue weighted by Crippen LogP contribution is 2.33. The van der Waals surface area contributed by atoms with Crippen molar-refractivity contribution in [2.24, 2.45) is 0 Å². The molecule has 0 unspecified atom stereocenters. The Morgan fingerprint density at radius 3 is 2.47 bits per heavy atom. The van der Waals surface area contributed by atoms with E-state index in [1.54, 1.807) is 0 Å². The van der Waals surface area contributed by atoms with Crippen molar-refractivity contribution in [3.8, 4) is 0 Å². The highest BCUT2D eigenvalue weighted by atomic mass is 19.4. The molecule has 2 N–H and O–H groups in total. The zero-order valence-corrected chi connectivity index (χ0v) is 16.4. The molecule has 4 nitrogen and oxygen atoms in total. The van der Waals surface area contributed by atoms with Gasteiger partial charge in [0.1, 0.15) is 0 Å². The molecule has 0 spiro atoms. The third kappa shape index (κ3) is 4.51. The van der Waals surface area contributed by atoms with Crippen molar-refractivity contribution >= 4 is 23.4 Å². The molecule has 2 aromatic rings. The van der Waals surface area contributed by atoms with Crippen molar-refractivity contribution in [1.82, 2.24) is 0 Å². The minimum Gasteiger partial charge on any atom is -0.389 e. The van der Waals surface area contributed by atoms with Crippen molar-refractivity contribution in [3.05, 3.63) is 65.2 Å². The van der Waals surface area contributed by atoms with Crippen molar-refractivity contribution in [2.75, 3.05) is 23.3 Å². The van der Waals surface area contributed by atoms with E-state index in [2.05, 4.69) is 11.4 Å². The van der Waals surface area contributed by atoms with Crippen LogP contribution in [0.5, 0.6) is 0 Å². The van der Waals surface area contributed by atoms with Gasteiger partial charge in [-0.25, -0.2) is 0 Å². The average molecular weight is 416 g/mol. The Labute approximate surface area is 173 Å². The fourth-order valence-electron chi connectivity index (χ4n) is 4.05. The topological polar surface area (TPSA) is 52.6 Å². The molecular formula is C23H23F3N2O2. The van der Waals surface area contributed by atoms with E-state index in [0.717, 1.165) is 24.1 Å². The first-order valence-corrected chi connectivity index (χ1v) is 9.96. The molecule has 0 bridgehead atoms. The highest BCUT2D eigenvalue weighted by molar-refractivity contribution is 5.92. The Morgan fingerprint density at radius 2 is 1.80 bits per heavy atom. The number of hydrogen-bond donors (Lipinski definition) is 2. The standard InChI is InChI=1S/C23H23F3N2O2/c24-23(25,26)18-5-8-20(9-6-18)28-12-10-22(30,11-13-28)15-21(29)27-19-7-4-16-2-1-3-17(16)14-19/h1,3-9,14,30H,2,10-13,15H2,(H,27,29). The van der Waals surface area contributed by atoms with Crippen LogP contribution in [-0.2, 0) is 17.4 Å². The number of rotatable bonds is 4. The van der Waals surface area contributed by atoms with E-state index in [1.807, 2.05) is 29.2 Å². The van der Waals surface area contributed by atoms with E-state index in [9.17, 15) is 23.1 Å². The van der Waals surface area contributed by atoms with Crippen LogP contribution in [0, 0.1) is 0 Å². The van der Waals surface area contributed by atoms with Gasteiger partial charge in [-0.15, -0.1) is 0 Å². The summed E-state index contributed by atoms with van der Waals surface area (Å²) in [7, 11) is 0. The molecule has 0 saturated carbocycles. The molecule has 30 heavy (non-hydrogen) atoms. The lowest BCUT2D eigenvalue weighted by Crippen LogP contribution is -2.46. The summed E-state index contributed by atoms with van der Waals surface area (Å²) in [6, 6.07) is 10.8. The number of benzene rings is 2. The summed E-state index contributed by atoms with van der Waals surface area (Å²) < 4.78 is 38.2. The zero-order chi connectivity index (χ0) is 21.4. The summed E-state index contributed by atoms with van der Waals surface area (Å²) in [4.78, 5) is 14.4. The number of piperidine rings is 1. The minimum atomic E-state index is -4.36. The fraction of sp³-hybridized carbons (Fsp3) is 0.348. The molecule has 7 heteroatoms. The second-order valence-corrected chi connectivity index (χ2v) is 8.00. The molecule has 0 atom stereocenters. The Hall–Kier alpha value is -2.80. The minimum absolute atomic E-state index is 0.0131. The van der Waals surface area contributed by atoms with Gasteiger partial charge in [-0.2, -0.15) is 13.2 Å². The summed E-state index contributed by atoms with van der Waals surface area (Å²) in [5.41, 5.74) is 1.90. The first-order chi connectivity index (χ1) is 14.2. The van der Waals surface area contributed by atoms with Gasteiger partial charge in [0.15, 0.2) is 0 Å². The van der Waals surface area contributed by atoms with Gasteiger partial charge in [-0.05, 0) is 66.8 Å². The molecule has 1 saturated heterocycles.